The number of esters is 1. The number of anilines is 1. The number of hydrogen-bond acceptors (Lipinski definition) is 4. The molecule has 0 fully saturated rings. The third-order valence-corrected chi connectivity index (χ3v) is 2.03. The van der Waals surface area contributed by atoms with Gasteiger partial charge in [-0.05, 0) is 25.5 Å². The topological polar surface area (TPSA) is 65.2 Å². The number of carbonyl (C=O) groups excluding carboxylic acids is 1. The van der Waals surface area contributed by atoms with E-state index in [9.17, 15) is 4.79 Å². The molecule has 0 aliphatic rings. The highest BCUT2D eigenvalue weighted by atomic mass is 16.5. The highest BCUT2D eigenvalue weighted by molar-refractivity contribution is 5.89. The first-order valence-corrected chi connectivity index (χ1v) is 5.06. The Balaban J connectivity index is 2.57. The van der Waals surface area contributed by atoms with Crippen LogP contribution < -0.4 is 5.73 Å². The van der Waals surface area contributed by atoms with E-state index in [0.29, 0.717) is 11.4 Å². The second-order valence-electron chi connectivity index (χ2n) is 3.48. The van der Waals surface area contributed by atoms with Crippen molar-refractivity contribution in [2.45, 2.75) is 32.8 Å². The number of nitrogen functional groups attached to an aromatic ring is 1. The number of rotatable bonds is 4. The number of pyridine rings is 1. The minimum absolute atomic E-state index is 0.0555. The van der Waals surface area contributed by atoms with Crippen LogP contribution in [0.4, 0.5) is 5.82 Å². The standard InChI is InChI=1S/C11H16N2O2/c1-3-4-8(2)15-11(14)9-5-6-10(12)13-7-9/h5-8H,3-4H2,1-2H3,(H2,12,13). The van der Waals surface area contributed by atoms with E-state index in [1.54, 1.807) is 12.1 Å². The molecule has 1 aromatic heterocycles. The molecule has 1 aromatic rings. The molecule has 4 heteroatoms. The molecule has 0 aliphatic heterocycles. The average Bonchev–Trinajstić information content (AvgIpc) is 2.18. The Morgan fingerprint density at radius 3 is 2.87 bits per heavy atom. The number of aromatic nitrogens is 1. The van der Waals surface area contributed by atoms with Gasteiger partial charge in [0.15, 0.2) is 0 Å². The molecular weight excluding hydrogens is 192 g/mol. The zero-order valence-electron chi connectivity index (χ0n) is 9.06. The maximum absolute atomic E-state index is 11.5. The summed E-state index contributed by atoms with van der Waals surface area (Å²) in [6.45, 7) is 3.93. The molecule has 82 valence electrons. The predicted octanol–water partition coefficient (Wildman–Crippen LogP) is 2.01. The van der Waals surface area contributed by atoms with Gasteiger partial charge in [-0.25, -0.2) is 9.78 Å². The van der Waals surface area contributed by atoms with E-state index < -0.39 is 0 Å². The Labute approximate surface area is 89.5 Å². The summed E-state index contributed by atoms with van der Waals surface area (Å²) in [6.07, 6.45) is 3.24. The fourth-order valence-corrected chi connectivity index (χ4v) is 1.24. The lowest BCUT2D eigenvalue weighted by Crippen LogP contribution is -2.15. The zero-order chi connectivity index (χ0) is 11.3. The first kappa shape index (κ1) is 11.5. The minimum atomic E-state index is -0.344. The Bertz CT molecular complexity index is 322. The monoisotopic (exact) mass is 208 g/mol. The molecule has 0 spiro atoms. The molecule has 0 aromatic carbocycles. The van der Waals surface area contributed by atoms with Crippen LogP contribution in [0, 0.1) is 0 Å². The van der Waals surface area contributed by atoms with Crippen molar-refractivity contribution in [1.82, 2.24) is 4.98 Å². The van der Waals surface area contributed by atoms with Gasteiger partial charge < -0.3 is 10.5 Å². The van der Waals surface area contributed by atoms with E-state index in [4.69, 9.17) is 10.5 Å². The molecule has 2 N–H and O–H groups in total. The van der Waals surface area contributed by atoms with E-state index in [2.05, 4.69) is 11.9 Å². The molecule has 15 heavy (non-hydrogen) atoms. The Morgan fingerprint density at radius 2 is 2.33 bits per heavy atom. The quantitative estimate of drug-likeness (QED) is 0.769. The summed E-state index contributed by atoms with van der Waals surface area (Å²) in [5.74, 6) is 0.0524. The van der Waals surface area contributed by atoms with Crippen molar-refractivity contribution in [2.24, 2.45) is 0 Å². The lowest BCUT2D eigenvalue weighted by Gasteiger charge is -2.11. The van der Waals surface area contributed by atoms with Gasteiger partial charge >= 0.3 is 5.97 Å². The largest absolute Gasteiger partial charge is 0.459 e. The molecule has 0 saturated heterocycles. The van der Waals surface area contributed by atoms with Crippen LogP contribution in [-0.4, -0.2) is 17.1 Å². The molecule has 0 amide bonds. The maximum Gasteiger partial charge on any atom is 0.339 e. The van der Waals surface area contributed by atoms with Crippen LogP contribution in [0.1, 0.15) is 37.0 Å². The summed E-state index contributed by atoms with van der Waals surface area (Å²) < 4.78 is 5.20. The zero-order valence-corrected chi connectivity index (χ0v) is 9.06. The Hall–Kier alpha value is -1.58. The minimum Gasteiger partial charge on any atom is -0.459 e. The Kier molecular flexibility index (Phi) is 4.09. The average molecular weight is 208 g/mol. The summed E-state index contributed by atoms with van der Waals surface area (Å²) in [7, 11) is 0. The molecular formula is C11H16N2O2. The van der Waals surface area contributed by atoms with E-state index in [-0.39, 0.29) is 12.1 Å². The molecule has 0 radical (unpaired) electrons. The molecule has 4 nitrogen and oxygen atoms in total. The van der Waals surface area contributed by atoms with Gasteiger partial charge in [-0.1, -0.05) is 13.3 Å². The van der Waals surface area contributed by atoms with Crippen LogP contribution in [0.25, 0.3) is 0 Å². The van der Waals surface area contributed by atoms with Crippen molar-refractivity contribution in [2.75, 3.05) is 5.73 Å². The lowest BCUT2D eigenvalue weighted by atomic mass is 10.2. The second-order valence-corrected chi connectivity index (χ2v) is 3.48. The number of nitrogens with two attached hydrogens (primary N) is 1. The summed E-state index contributed by atoms with van der Waals surface area (Å²) in [6, 6.07) is 3.20. The van der Waals surface area contributed by atoms with Gasteiger partial charge in [-0.2, -0.15) is 0 Å². The number of ether oxygens (including phenoxy) is 1. The summed E-state index contributed by atoms with van der Waals surface area (Å²) in [5.41, 5.74) is 5.85. The fourth-order valence-electron chi connectivity index (χ4n) is 1.24. The van der Waals surface area contributed by atoms with Crippen molar-refractivity contribution in [1.29, 1.82) is 0 Å². The van der Waals surface area contributed by atoms with Crippen LogP contribution in [0.5, 0.6) is 0 Å². The third-order valence-electron chi connectivity index (χ3n) is 2.03. The van der Waals surface area contributed by atoms with E-state index >= 15 is 0 Å². The van der Waals surface area contributed by atoms with Crippen molar-refractivity contribution in [3.63, 3.8) is 0 Å². The van der Waals surface area contributed by atoms with Gasteiger partial charge in [0.25, 0.3) is 0 Å². The van der Waals surface area contributed by atoms with Crippen molar-refractivity contribution in [3.8, 4) is 0 Å². The van der Waals surface area contributed by atoms with Crippen LogP contribution >= 0.6 is 0 Å². The van der Waals surface area contributed by atoms with Gasteiger partial charge in [0.2, 0.25) is 0 Å². The highest BCUT2D eigenvalue weighted by Crippen LogP contribution is 2.07. The summed E-state index contributed by atoms with van der Waals surface area (Å²) in [4.78, 5) is 15.4. The number of nitrogens with zero attached hydrogens (tertiary/aromatic N) is 1. The number of hydrogen-bond donors (Lipinski definition) is 1. The molecule has 1 rings (SSSR count). The van der Waals surface area contributed by atoms with Crippen molar-refractivity contribution >= 4 is 11.8 Å². The third kappa shape index (κ3) is 3.58. The first-order chi connectivity index (χ1) is 7.13. The maximum atomic E-state index is 11.5. The van der Waals surface area contributed by atoms with Crippen LogP contribution in [0.15, 0.2) is 18.3 Å². The van der Waals surface area contributed by atoms with E-state index in [1.165, 1.54) is 6.20 Å². The second kappa shape index (κ2) is 5.34. The first-order valence-electron chi connectivity index (χ1n) is 5.06. The normalized spacial score (nSPS) is 12.1. The van der Waals surface area contributed by atoms with Crippen molar-refractivity contribution < 1.29 is 9.53 Å². The highest BCUT2D eigenvalue weighted by Gasteiger charge is 2.11. The SMILES string of the molecule is CCCC(C)OC(=O)c1ccc(N)nc1. The van der Waals surface area contributed by atoms with Crippen LogP contribution in [-0.2, 0) is 4.74 Å². The van der Waals surface area contributed by atoms with Gasteiger partial charge in [0.05, 0.1) is 11.7 Å². The molecule has 1 unspecified atom stereocenters. The molecule has 0 saturated carbocycles. The van der Waals surface area contributed by atoms with Gasteiger partial charge in [0.1, 0.15) is 5.82 Å². The van der Waals surface area contributed by atoms with Crippen LogP contribution in [0.3, 0.4) is 0 Å². The van der Waals surface area contributed by atoms with Gasteiger partial charge in [-0.15, -0.1) is 0 Å². The summed E-state index contributed by atoms with van der Waals surface area (Å²) in [5, 5.41) is 0. The van der Waals surface area contributed by atoms with E-state index in [0.717, 1.165) is 12.8 Å². The molecule has 1 atom stereocenters. The summed E-state index contributed by atoms with van der Waals surface area (Å²) >= 11 is 0. The molecule has 0 bridgehead atoms. The predicted molar refractivity (Wildman–Crippen MR) is 58.4 cm³/mol. The Morgan fingerprint density at radius 1 is 1.60 bits per heavy atom. The lowest BCUT2D eigenvalue weighted by molar-refractivity contribution is 0.0323. The van der Waals surface area contributed by atoms with E-state index in [1.807, 2.05) is 6.92 Å². The molecule has 1 heterocycles. The van der Waals surface area contributed by atoms with Gasteiger partial charge in [0, 0.05) is 6.20 Å². The smallest absolute Gasteiger partial charge is 0.339 e. The molecule has 0 aliphatic carbocycles. The number of carbonyl (C=O) groups is 1. The fraction of sp³-hybridized carbons (Fsp3) is 0.455. The van der Waals surface area contributed by atoms with Gasteiger partial charge in [-0.3, -0.25) is 0 Å². The van der Waals surface area contributed by atoms with Crippen LogP contribution in [0.2, 0.25) is 0 Å². The van der Waals surface area contributed by atoms with Crippen molar-refractivity contribution in [3.05, 3.63) is 23.9 Å².